The summed E-state index contributed by atoms with van der Waals surface area (Å²) < 4.78 is 5.37. The van der Waals surface area contributed by atoms with Crippen molar-refractivity contribution in [3.05, 3.63) is 33.3 Å². The fraction of sp³-hybridized carbons (Fsp3) is 0.273. The molecule has 5 heteroatoms. The van der Waals surface area contributed by atoms with E-state index in [9.17, 15) is 4.79 Å². The van der Waals surface area contributed by atoms with Gasteiger partial charge in [0, 0.05) is 11.0 Å². The summed E-state index contributed by atoms with van der Waals surface area (Å²) in [6, 6.07) is 5.57. The minimum Gasteiger partial charge on any atom is -0.469 e. The molecule has 0 saturated carbocycles. The smallest absolute Gasteiger partial charge is 0.310 e. The second kappa shape index (κ2) is 5.64. The molecular weight excluding hydrogens is 272 g/mol. The first kappa shape index (κ1) is 12.7. The van der Waals surface area contributed by atoms with Gasteiger partial charge in [0.1, 0.15) is 0 Å². The van der Waals surface area contributed by atoms with Gasteiger partial charge in [-0.25, -0.2) is 0 Å². The quantitative estimate of drug-likeness (QED) is 0.853. The first-order chi connectivity index (χ1) is 7.62. The van der Waals surface area contributed by atoms with E-state index in [0.717, 1.165) is 10.0 Å². The van der Waals surface area contributed by atoms with Crippen LogP contribution in [0.25, 0.3) is 0 Å². The highest BCUT2D eigenvalue weighted by atomic mass is 79.9. The number of carbonyl (C=O) groups is 1. The number of rotatable bonds is 3. The summed E-state index contributed by atoms with van der Waals surface area (Å²) in [7, 11) is 1.32. The normalized spacial score (nSPS) is 9.62. The van der Waals surface area contributed by atoms with Crippen molar-refractivity contribution in [2.45, 2.75) is 13.0 Å². The maximum atomic E-state index is 11.2. The van der Waals surface area contributed by atoms with Crippen LogP contribution in [0.2, 0.25) is 0 Å². The van der Waals surface area contributed by atoms with Crippen molar-refractivity contribution >= 4 is 21.9 Å². The van der Waals surface area contributed by atoms with Gasteiger partial charge in [-0.1, -0.05) is 15.9 Å². The lowest BCUT2D eigenvalue weighted by Crippen LogP contribution is -2.09. The van der Waals surface area contributed by atoms with E-state index < -0.39 is 0 Å². The summed E-state index contributed by atoms with van der Waals surface area (Å²) in [5, 5.41) is 9.03. The molecule has 16 heavy (non-hydrogen) atoms. The van der Waals surface area contributed by atoms with Crippen LogP contribution >= 0.6 is 15.9 Å². The standard InChI is InChI=1S/C11H11BrN2O2/c1-16-11(15)4-7-2-9(12)3-8(5-13)10(7)6-14/h2-3H,4-5,13H2,1H3. The van der Waals surface area contributed by atoms with Crippen molar-refractivity contribution in [1.82, 2.24) is 0 Å². The molecule has 1 rings (SSSR count). The number of methoxy groups -OCH3 is 1. The Hall–Kier alpha value is -1.38. The van der Waals surface area contributed by atoms with Crippen molar-refractivity contribution in [2.75, 3.05) is 7.11 Å². The van der Waals surface area contributed by atoms with E-state index in [2.05, 4.69) is 26.7 Å². The van der Waals surface area contributed by atoms with Crippen molar-refractivity contribution in [3.8, 4) is 6.07 Å². The molecule has 0 aromatic heterocycles. The predicted molar refractivity (Wildman–Crippen MR) is 62.5 cm³/mol. The molecule has 1 aromatic rings. The Balaban J connectivity index is 3.21. The van der Waals surface area contributed by atoms with Gasteiger partial charge in [-0.2, -0.15) is 5.26 Å². The van der Waals surface area contributed by atoms with E-state index in [4.69, 9.17) is 11.0 Å². The van der Waals surface area contributed by atoms with Gasteiger partial charge in [-0.15, -0.1) is 0 Å². The third-order valence-corrected chi connectivity index (χ3v) is 2.62. The summed E-state index contributed by atoms with van der Waals surface area (Å²) in [4.78, 5) is 11.2. The zero-order valence-electron chi connectivity index (χ0n) is 8.79. The zero-order valence-corrected chi connectivity index (χ0v) is 10.4. The Bertz CT molecular complexity index is 452. The van der Waals surface area contributed by atoms with E-state index >= 15 is 0 Å². The average Bonchev–Trinajstić information content (AvgIpc) is 2.28. The molecule has 0 fully saturated rings. The van der Waals surface area contributed by atoms with Crippen molar-refractivity contribution in [2.24, 2.45) is 5.73 Å². The molecule has 0 heterocycles. The molecule has 0 atom stereocenters. The Morgan fingerprint density at radius 3 is 2.69 bits per heavy atom. The first-order valence-electron chi connectivity index (χ1n) is 4.60. The van der Waals surface area contributed by atoms with Gasteiger partial charge in [0.05, 0.1) is 25.2 Å². The SMILES string of the molecule is COC(=O)Cc1cc(Br)cc(CN)c1C#N. The van der Waals surface area contributed by atoms with Crippen LogP contribution in [0.5, 0.6) is 0 Å². The third-order valence-electron chi connectivity index (χ3n) is 2.16. The molecule has 0 spiro atoms. The number of nitrogens with zero attached hydrogens (tertiary/aromatic N) is 1. The van der Waals surface area contributed by atoms with Crippen LogP contribution in [0, 0.1) is 11.3 Å². The Kier molecular flexibility index (Phi) is 4.47. The predicted octanol–water partition coefficient (Wildman–Crippen LogP) is 1.49. The maximum absolute atomic E-state index is 11.2. The van der Waals surface area contributed by atoms with Crippen LogP contribution in [0.4, 0.5) is 0 Å². The van der Waals surface area contributed by atoms with Gasteiger partial charge < -0.3 is 10.5 Å². The van der Waals surface area contributed by atoms with Crippen molar-refractivity contribution in [3.63, 3.8) is 0 Å². The number of esters is 1. The van der Waals surface area contributed by atoms with Crippen LogP contribution in [0.1, 0.15) is 16.7 Å². The van der Waals surface area contributed by atoms with Gasteiger partial charge in [-0.3, -0.25) is 4.79 Å². The summed E-state index contributed by atoms with van der Waals surface area (Å²) in [5.74, 6) is -0.377. The highest BCUT2D eigenvalue weighted by molar-refractivity contribution is 9.10. The minimum atomic E-state index is -0.377. The van der Waals surface area contributed by atoms with Crippen LogP contribution in [-0.4, -0.2) is 13.1 Å². The zero-order chi connectivity index (χ0) is 12.1. The van der Waals surface area contributed by atoms with Crippen LogP contribution in [0.15, 0.2) is 16.6 Å². The van der Waals surface area contributed by atoms with Crippen LogP contribution in [-0.2, 0) is 22.5 Å². The van der Waals surface area contributed by atoms with Gasteiger partial charge in [0.25, 0.3) is 0 Å². The fourth-order valence-corrected chi connectivity index (χ4v) is 1.95. The monoisotopic (exact) mass is 282 g/mol. The molecule has 0 radical (unpaired) electrons. The van der Waals surface area contributed by atoms with E-state index in [1.807, 2.05) is 0 Å². The summed E-state index contributed by atoms with van der Waals surface area (Å²) in [5.41, 5.74) is 7.34. The number of halogens is 1. The molecule has 2 N–H and O–H groups in total. The largest absolute Gasteiger partial charge is 0.469 e. The molecule has 0 aliphatic carbocycles. The number of ether oxygens (including phenoxy) is 1. The van der Waals surface area contributed by atoms with Gasteiger partial charge in [0.2, 0.25) is 0 Å². The number of benzene rings is 1. The van der Waals surface area contributed by atoms with E-state index in [1.54, 1.807) is 12.1 Å². The Morgan fingerprint density at radius 2 is 2.19 bits per heavy atom. The lowest BCUT2D eigenvalue weighted by Gasteiger charge is -2.08. The van der Waals surface area contributed by atoms with Crippen LogP contribution in [0.3, 0.4) is 0 Å². The second-order valence-corrected chi connectivity index (χ2v) is 4.08. The molecule has 0 saturated heterocycles. The van der Waals surface area contributed by atoms with Gasteiger partial charge >= 0.3 is 5.97 Å². The third kappa shape index (κ3) is 2.81. The number of nitrogens with two attached hydrogens (primary N) is 1. The second-order valence-electron chi connectivity index (χ2n) is 3.17. The molecule has 84 valence electrons. The number of carbonyl (C=O) groups excluding carboxylic acids is 1. The highest BCUT2D eigenvalue weighted by Gasteiger charge is 2.12. The Labute approximate surface area is 102 Å². The van der Waals surface area contributed by atoms with Crippen molar-refractivity contribution < 1.29 is 9.53 Å². The Morgan fingerprint density at radius 1 is 1.56 bits per heavy atom. The number of nitriles is 1. The molecule has 0 amide bonds. The molecule has 4 nitrogen and oxygen atoms in total. The molecule has 0 unspecified atom stereocenters. The van der Waals surface area contributed by atoms with Gasteiger partial charge in [0.15, 0.2) is 0 Å². The average molecular weight is 283 g/mol. The topological polar surface area (TPSA) is 76.1 Å². The molecule has 0 aliphatic rings. The lowest BCUT2D eigenvalue weighted by molar-refractivity contribution is -0.139. The lowest BCUT2D eigenvalue weighted by atomic mass is 10.00. The molecule has 0 bridgehead atoms. The van der Waals surface area contributed by atoms with Gasteiger partial charge in [-0.05, 0) is 23.3 Å². The van der Waals surface area contributed by atoms with Crippen molar-refractivity contribution in [1.29, 1.82) is 5.26 Å². The maximum Gasteiger partial charge on any atom is 0.310 e. The van der Waals surface area contributed by atoms with E-state index in [0.29, 0.717) is 11.1 Å². The summed E-state index contributed by atoms with van der Waals surface area (Å²) in [6.07, 6.45) is 0.0752. The highest BCUT2D eigenvalue weighted by Crippen LogP contribution is 2.21. The molecular formula is C11H11BrN2O2. The number of hydrogen-bond acceptors (Lipinski definition) is 4. The first-order valence-corrected chi connectivity index (χ1v) is 5.40. The summed E-state index contributed by atoms with van der Waals surface area (Å²) in [6.45, 7) is 0.260. The van der Waals surface area contributed by atoms with Crippen LogP contribution < -0.4 is 5.73 Å². The van der Waals surface area contributed by atoms with E-state index in [1.165, 1.54) is 7.11 Å². The fourth-order valence-electron chi connectivity index (χ4n) is 1.40. The summed E-state index contributed by atoms with van der Waals surface area (Å²) >= 11 is 3.31. The molecule has 0 aliphatic heterocycles. The molecule has 1 aromatic carbocycles. The number of hydrogen-bond donors (Lipinski definition) is 1. The van der Waals surface area contributed by atoms with E-state index in [-0.39, 0.29) is 18.9 Å². The minimum absolute atomic E-state index is 0.0752.